The zero-order chi connectivity index (χ0) is 12.6. The summed E-state index contributed by atoms with van der Waals surface area (Å²) >= 11 is 3.56. The molecule has 0 aromatic carbocycles. The van der Waals surface area contributed by atoms with Gasteiger partial charge < -0.3 is 10.3 Å². The molecule has 0 aliphatic carbocycles. The monoisotopic (exact) mass is 283 g/mol. The van der Waals surface area contributed by atoms with Gasteiger partial charge in [-0.05, 0) is 42.3 Å². The third-order valence-electron chi connectivity index (χ3n) is 2.38. The molecule has 0 fully saturated rings. The highest BCUT2D eigenvalue weighted by Crippen LogP contribution is 2.21. The van der Waals surface area contributed by atoms with Crippen molar-refractivity contribution in [3.05, 3.63) is 23.4 Å². The standard InChI is InChI=1S/C12H17N3OS2/c13-6-3-8-17-7-2-5-11-14-12(15-16-11)10-4-1-9-18-10/h1,4,9H,2-3,5-8,13H2. The largest absolute Gasteiger partial charge is 0.339 e. The fraction of sp³-hybridized carbons (Fsp3) is 0.500. The molecule has 0 aliphatic heterocycles. The first-order valence-electron chi connectivity index (χ1n) is 6.04. The third-order valence-corrected chi connectivity index (χ3v) is 4.40. The molecule has 2 heterocycles. The van der Waals surface area contributed by atoms with E-state index in [1.807, 2.05) is 29.3 Å². The summed E-state index contributed by atoms with van der Waals surface area (Å²) in [6, 6.07) is 3.99. The first-order valence-corrected chi connectivity index (χ1v) is 8.08. The summed E-state index contributed by atoms with van der Waals surface area (Å²) in [4.78, 5) is 5.45. The van der Waals surface area contributed by atoms with Gasteiger partial charge in [-0.1, -0.05) is 11.2 Å². The summed E-state index contributed by atoms with van der Waals surface area (Å²) in [5, 5.41) is 6.00. The highest BCUT2D eigenvalue weighted by molar-refractivity contribution is 7.99. The molecular formula is C12H17N3OS2. The van der Waals surface area contributed by atoms with Gasteiger partial charge in [0.2, 0.25) is 11.7 Å². The molecule has 0 spiro atoms. The Hall–Kier alpha value is -0.850. The molecule has 0 saturated carbocycles. The van der Waals surface area contributed by atoms with Crippen molar-refractivity contribution in [2.45, 2.75) is 19.3 Å². The van der Waals surface area contributed by atoms with Gasteiger partial charge in [-0.25, -0.2) is 0 Å². The van der Waals surface area contributed by atoms with Gasteiger partial charge in [-0.2, -0.15) is 16.7 Å². The van der Waals surface area contributed by atoms with Crippen molar-refractivity contribution in [3.8, 4) is 10.7 Å². The van der Waals surface area contributed by atoms with Crippen LogP contribution in [0.2, 0.25) is 0 Å². The number of thioether (sulfide) groups is 1. The minimum atomic E-state index is 0.704. The topological polar surface area (TPSA) is 64.9 Å². The zero-order valence-corrected chi connectivity index (χ0v) is 11.8. The Morgan fingerprint density at radius 1 is 1.33 bits per heavy atom. The average Bonchev–Trinajstić information content (AvgIpc) is 3.03. The molecule has 0 saturated heterocycles. The van der Waals surface area contributed by atoms with Crippen LogP contribution in [0.1, 0.15) is 18.7 Å². The van der Waals surface area contributed by atoms with Crippen LogP contribution in [0.15, 0.2) is 22.0 Å². The van der Waals surface area contributed by atoms with E-state index in [0.717, 1.165) is 48.1 Å². The summed E-state index contributed by atoms with van der Waals surface area (Å²) in [6.45, 7) is 0.779. The lowest BCUT2D eigenvalue weighted by molar-refractivity contribution is 0.378. The van der Waals surface area contributed by atoms with Crippen molar-refractivity contribution < 1.29 is 4.52 Å². The minimum Gasteiger partial charge on any atom is -0.339 e. The molecular weight excluding hydrogens is 266 g/mol. The van der Waals surface area contributed by atoms with E-state index in [-0.39, 0.29) is 0 Å². The molecule has 18 heavy (non-hydrogen) atoms. The number of rotatable bonds is 8. The Morgan fingerprint density at radius 2 is 2.22 bits per heavy atom. The van der Waals surface area contributed by atoms with Gasteiger partial charge in [0.1, 0.15) is 0 Å². The molecule has 0 radical (unpaired) electrons. The van der Waals surface area contributed by atoms with Crippen molar-refractivity contribution in [2.75, 3.05) is 18.1 Å². The van der Waals surface area contributed by atoms with E-state index < -0.39 is 0 Å². The molecule has 2 aromatic rings. The Morgan fingerprint density at radius 3 is 3.00 bits per heavy atom. The average molecular weight is 283 g/mol. The maximum absolute atomic E-state index is 5.44. The third kappa shape index (κ3) is 4.12. The molecule has 0 unspecified atom stereocenters. The van der Waals surface area contributed by atoms with Gasteiger partial charge in [0, 0.05) is 6.42 Å². The summed E-state index contributed by atoms with van der Waals surface area (Å²) in [5.41, 5.74) is 5.44. The fourth-order valence-corrected chi connectivity index (χ4v) is 3.05. The Kier molecular flexibility index (Phi) is 5.70. The predicted octanol–water partition coefficient (Wildman–Crippen LogP) is 2.81. The van der Waals surface area contributed by atoms with E-state index >= 15 is 0 Å². The quantitative estimate of drug-likeness (QED) is 0.755. The van der Waals surface area contributed by atoms with E-state index in [2.05, 4.69) is 10.1 Å². The smallest absolute Gasteiger partial charge is 0.227 e. The number of hydrogen-bond acceptors (Lipinski definition) is 6. The zero-order valence-electron chi connectivity index (χ0n) is 10.2. The molecule has 0 bridgehead atoms. The van der Waals surface area contributed by atoms with E-state index in [1.165, 1.54) is 0 Å². The molecule has 2 aromatic heterocycles. The molecule has 6 heteroatoms. The Balaban J connectivity index is 1.71. The molecule has 4 nitrogen and oxygen atoms in total. The molecule has 0 atom stereocenters. The van der Waals surface area contributed by atoms with Crippen molar-refractivity contribution in [3.63, 3.8) is 0 Å². The number of aryl methyl sites for hydroxylation is 1. The predicted molar refractivity (Wildman–Crippen MR) is 76.9 cm³/mol. The summed E-state index contributed by atoms with van der Waals surface area (Å²) < 4.78 is 5.23. The lowest BCUT2D eigenvalue weighted by Gasteiger charge is -1.97. The van der Waals surface area contributed by atoms with E-state index in [0.29, 0.717) is 5.82 Å². The summed E-state index contributed by atoms with van der Waals surface area (Å²) in [7, 11) is 0. The Labute approximate surface area is 115 Å². The molecule has 2 rings (SSSR count). The number of nitrogens with two attached hydrogens (primary N) is 1. The summed E-state index contributed by atoms with van der Waals surface area (Å²) in [6.07, 6.45) is 3.02. The van der Waals surface area contributed by atoms with Crippen LogP contribution in [-0.4, -0.2) is 28.2 Å². The van der Waals surface area contributed by atoms with Gasteiger partial charge in [0.25, 0.3) is 0 Å². The lowest BCUT2D eigenvalue weighted by atomic mass is 10.3. The highest BCUT2D eigenvalue weighted by atomic mass is 32.2. The van der Waals surface area contributed by atoms with Gasteiger partial charge in [-0.3, -0.25) is 0 Å². The van der Waals surface area contributed by atoms with Crippen molar-refractivity contribution in [1.82, 2.24) is 10.1 Å². The molecule has 0 amide bonds. The van der Waals surface area contributed by atoms with Gasteiger partial charge >= 0.3 is 0 Å². The maximum atomic E-state index is 5.44. The van der Waals surface area contributed by atoms with Crippen molar-refractivity contribution in [1.29, 1.82) is 0 Å². The van der Waals surface area contributed by atoms with Crippen LogP contribution in [0.3, 0.4) is 0 Å². The second kappa shape index (κ2) is 7.56. The number of nitrogens with zero attached hydrogens (tertiary/aromatic N) is 2. The SMILES string of the molecule is NCCCSCCCc1nc(-c2cccs2)no1. The van der Waals surface area contributed by atoms with Crippen LogP contribution < -0.4 is 5.73 Å². The van der Waals surface area contributed by atoms with Crippen LogP contribution in [0.5, 0.6) is 0 Å². The lowest BCUT2D eigenvalue weighted by Crippen LogP contribution is -2.00. The van der Waals surface area contributed by atoms with Crippen LogP contribution in [0.25, 0.3) is 10.7 Å². The first-order chi connectivity index (χ1) is 8.90. The molecule has 98 valence electrons. The van der Waals surface area contributed by atoms with Crippen molar-refractivity contribution in [2.24, 2.45) is 5.73 Å². The van der Waals surface area contributed by atoms with E-state index in [1.54, 1.807) is 11.3 Å². The van der Waals surface area contributed by atoms with Gasteiger partial charge in [0.15, 0.2) is 0 Å². The number of aromatic nitrogens is 2. The second-order valence-corrected chi connectivity index (χ2v) is 6.02. The van der Waals surface area contributed by atoms with E-state index in [9.17, 15) is 0 Å². The van der Waals surface area contributed by atoms with Crippen molar-refractivity contribution >= 4 is 23.1 Å². The van der Waals surface area contributed by atoms with Crippen LogP contribution in [0.4, 0.5) is 0 Å². The first kappa shape index (κ1) is 13.6. The van der Waals surface area contributed by atoms with Crippen LogP contribution in [-0.2, 0) is 6.42 Å². The van der Waals surface area contributed by atoms with Crippen LogP contribution in [0, 0.1) is 0 Å². The van der Waals surface area contributed by atoms with Gasteiger partial charge in [-0.15, -0.1) is 11.3 Å². The summed E-state index contributed by atoms with van der Waals surface area (Å²) in [5.74, 6) is 3.70. The van der Waals surface area contributed by atoms with Gasteiger partial charge in [0.05, 0.1) is 4.88 Å². The van der Waals surface area contributed by atoms with E-state index in [4.69, 9.17) is 10.3 Å². The highest BCUT2D eigenvalue weighted by Gasteiger charge is 2.08. The van der Waals surface area contributed by atoms with Crippen LogP contribution >= 0.6 is 23.1 Å². The molecule has 2 N–H and O–H groups in total. The number of hydrogen-bond donors (Lipinski definition) is 1. The molecule has 0 aliphatic rings. The Bertz CT molecular complexity index is 442. The normalized spacial score (nSPS) is 10.9. The second-order valence-electron chi connectivity index (χ2n) is 3.85. The maximum Gasteiger partial charge on any atom is 0.227 e. The minimum absolute atomic E-state index is 0.704. The number of thiophene rings is 1. The fourth-order valence-electron chi connectivity index (χ4n) is 1.48.